The van der Waals surface area contributed by atoms with E-state index >= 15 is 0 Å². The van der Waals surface area contributed by atoms with Gasteiger partial charge in [-0.25, -0.2) is 0 Å². The first-order valence-corrected chi connectivity index (χ1v) is 16.5. The van der Waals surface area contributed by atoms with Crippen molar-refractivity contribution in [3.63, 3.8) is 0 Å². The molecule has 0 spiro atoms. The number of hydrogen-bond donors (Lipinski definition) is 5. The van der Waals surface area contributed by atoms with Gasteiger partial charge in [0.1, 0.15) is 0 Å². The topological polar surface area (TPSA) is 233 Å². The molecular formula is C20H35O15Sb. The number of carbonyl (C=O) groups is 5. The Morgan fingerprint density at radius 3 is 0.694 bits per heavy atom. The van der Waals surface area contributed by atoms with Crippen molar-refractivity contribution in [3.05, 3.63) is 0 Å². The molecule has 0 aromatic carbocycles. The average molecular weight is 637 g/mol. The molecule has 0 aliphatic carbocycles. The molecule has 210 valence electrons. The van der Waals surface area contributed by atoms with Crippen LogP contribution in [0.15, 0.2) is 0 Å². The standard InChI is InChI=1S/5C4H7O3.Sb/c5*5-3-1-2-4(6)7;/h5*1-3H2,(H,6,7);/q5*-1;+5. The molecule has 0 aliphatic rings. The maximum absolute atomic E-state index is 10.9. The van der Waals surface area contributed by atoms with Gasteiger partial charge in [-0.3, -0.25) is 0 Å². The van der Waals surface area contributed by atoms with Crippen LogP contribution in [0, 0.1) is 0 Å². The van der Waals surface area contributed by atoms with Crippen LogP contribution < -0.4 is 0 Å². The number of aliphatic carboxylic acids is 5. The SMILES string of the molecule is O=C(O)CCC[O][Sb]([O]CCCC(=O)O)([O]CCCC(=O)O)([O]CCCC(=O)O)[O]CCCC(=O)O. The Morgan fingerprint density at radius 1 is 0.389 bits per heavy atom. The molecule has 0 aromatic rings. The van der Waals surface area contributed by atoms with Crippen molar-refractivity contribution < 1.29 is 64.6 Å². The molecule has 0 saturated heterocycles. The third-order valence-electron chi connectivity index (χ3n) is 4.19. The molecule has 0 bridgehead atoms. The average Bonchev–Trinajstić information content (AvgIpc) is 2.78. The molecule has 36 heavy (non-hydrogen) atoms. The van der Waals surface area contributed by atoms with Crippen LogP contribution in [-0.4, -0.2) is 108 Å². The minimum atomic E-state index is -6.22. The Kier molecular flexibility index (Phi) is 17.2. The van der Waals surface area contributed by atoms with Gasteiger partial charge in [-0.2, -0.15) is 0 Å². The second kappa shape index (κ2) is 18.2. The number of hydrogen-bond acceptors (Lipinski definition) is 10. The van der Waals surface area contributed by atoms with E-state index in [-0.39, 0.29) is 97.2 Å². The van der Waals surface area contributed by atoms with Gasteiger partial charge < -0.3 is 0 Å². The number of carboxylic acid groups (broad SMARTS) is 5. The second-order valence-corrected chi connectivity index (χ2v) is 15.3. The van der Waals surface area contributed by atoms with Crippen LogP contribution in [0.3, 0.4) is 0 Å². The van der Waals surface area contributed by atoms with E-state index in [9.17, 15) is 24.0 Å². The maximum atomic E-state index is 10.9. The van der Waals surface area contributed by atoms with Gasteiger partial charge in [-0.05, 0) is 0 Å². The molecular weight excluding hydrogens is 602 g/mol. The molecule has 16 heteroatoms. The molecule has 15 nitrogen and oxygen atoms in total. The quantitative estimate of drug-likeness (QED) is 0.0701. The Bertz CT molecular complexity index is 581. The summed E-state index contributed by atoms with van der Waals surface area (Å²) in [5, 5.41) is 44.6. The van der Waals surface area contributed by atoms with E-state index in [1.165, 1.54) is 0 Å². The predicted molar refractivity (Wildman–Crippen MR) is 120 cm³/mol. The van der Waals surface area contributed by atoms with E-state index in [0.29, 0.717) is 0 Å². The first-order chi connectivity index (χ1) is 16.9. The Labute approximate surface area is 211 Å². The van der Waals surface area contributed by atoms with Gasteiger partial charge in [0, 0.05) is 0 Å². The third kappa shape index (κ3) is 16.6. The van der Waals surface area contributed by atoms with Gasteiger partial charge in [0.05, 0.1) is 0 Å². The fourth-order valence-corrected chi connectivity index (χ4v) is 10.8. The molecule has 0 heterocycles. The third-order valence-corrected chi connectivity index (χ3v) is 12.8. The molecule has 0 atom stereocenters. The van der Waals surface area contributed by atoms with Crippen molar-refractivity contribution in [1.82, 2.24) is 0 Å². The van der Waals surface area contributed by atoms with Crippen molar-refractivity contribution in [1.29, 1.82) is 0 Å². The fourth-order valence-electron chi connectivity index (χ4n) is 2.56. The van der Waals surface area contributed by atoms with Crippen molar-refractivity contribution in [2.45, 2.75) is 64.2 Å². The minimum absolute atomic E-state index is 0.0227. The zero-order chi connectivity index (χ0) is 27.5. The van der Waals surface area contributed by atoms with Crippen molar-refractivity contribution in [3.8, 4) is 0 Å². The molecule has 0 amide bonds. The first-order valence-electron chi connectivity index (χ1n) is 11.3. The van der Waals surface area contributed by atoms with Crippen molar-refractivity contribution in [2.75, 3.05) is 33.0 Å². The number of rotatable bonds is 25. The van der Waals surface area contributed by atoms with E-state index in [2.05, 4.69) is 0 Å². The normalized spacial score (nSPS) is 12.5. The summed E-state index contributed by atoms with van der Waals surface area (Å²) in [5.41, 5.74) is 0. The molecule has 0 unspecified atom stereocenters. The van der Waals surface area contributed by atoms with Crippen LogP contribution in [-0.2, 0) is 39.0 Å². The molecule has 0 aromatic heterocycles. The molecule has 0 aliphatic heterocycles. The van der Waals surface area contributed by atoms with Crippen LogP contribution in [0.4, 0.5) is 0 Å². The van der Waals surface area contributed by atoms with Gasteiger partial charge in [0.15, 0.2) is 0 Å². The van der Waals surface area contributed by atoms with Crippen LogP contribution in [0.25, 0.3) is 0 Å². The Balaban J connectivity index is 5.98. The summed E-state index contributed by atoms with van der Waals surface area (Å²) in [5.74, 6) is -5.55. The summed E-state index contributed by atoms with van der Waals surface area (Å²) in [6, 6.07) is 0. The van der Waals surface area contributed by atoms with Gasteiger partial charge in [-0.15, -0.1) is 0 Å². The summed E-state index contributed by atoms with van der Waals surface area (Å²) >= 11 is -6.22. The second-order valence-electron chi connectivity index (χ2n) is 7.40. The van der Waals surface area contributed by atoms with E-state index in [1.807, 2.05) is 0 Å². The van der Waals surface area contributed by atoms with Crippen molar-refractivity contribution >= 4 is 49.3 Å². The Hall–Kier alpha value is -2.03. The van der Waals surface area contributed by atoms with E-state index in [0.717, 1.165) is 0 Å². The van der Waals surface area contributed by atoms with Crippen LogP contribution >= 0.6 is 0 Å². The molecule has 0 fully saturated rings. The van der Waals surface area contributed by atoms with Crippen LogP contribution in [0.5, 0.6) is 0 Å². The van der Waals surface area contributed by atoms with Crippen LogP contribution in [0.1, 0.15) is 64.2 Å². The summed E-state index contributed by atoms with van der Waals surface area (Å²) in [4.78, 5) is 54.6. The molecule has 0 saturated carbocycles. The van der Waals surface area contributed by atoms with Gasteiger partial charge in [0.2, 0.25) is 0 Å². The summed E-state index contributed by atoms with van der Waals surface area (Å²) in [7, 11) is 0. The van der Waals surface area contributed by atoms with Crippen molar-refractivity contribution in [2.24, 2.45) is 0 Å². The molecule has 0 radical (unpaired) electrons. The zero-order valence-electron chi connectivity index (χ0n) is 19.9. The summed E-state index contributed by atoms with van der Waals surface area (Å²) in [6.45, 7) is -1.44. The Morgan fingerprint density at radius 2 is 0.556 bits per heavy atom. The van der Waals surface area contributed by atoms with Gasteiger partial charge in [0.25, 0.3) is 0 Å². The predicted octanol–water partition coefficient (Wildman–Crippen LogP) is 1.28. The monoisotopic (exact) mass is 636 g/mol. The first kappa shape index (κ1) is 34.0. The van der Waals surface area contributed by atoms with E-state index in [4.69, 9.17) is 40.6 Å². The van der Waals surface area contributed by atoms with Gasteiger partial charge >= 0.3 is 211 Å². The molecule has 0 rings (SSSR count). The summed E-state index contributed by atoms with van der Waals surface area (Å²) in [6.07, 6.45) is -1.57. The van der Waals surface area contributed by atoms with E-state index in [1.54, 1.807) is 0 Å². The van der Waals surface area contributed by atoms with E-state index < -0.39 is 49.3 Å². The molecule has 5 N–H and O–H groups in total. The summed E-state index contributed by atoms with van der Waals surface area (Å²) < 4.78 is 29.3. The van der Waals surface area contributed by atoms with Gasteiger partial charge in [-0.1, -0.05) is 0 Å². The fraction of sp³-hybridized carbons (Fsp3) is 0.750. The number of carboxylic acids is 5. The zero-order valence-corrected chi connectivity index (χ0v) is 22.4. The van der Waals surface area contributed by atoms with Crippen LogP contribution in [0.2, 0.25) is 0 Å².